The van der Waals surface area contributed by atoms with Crippen molar-refractivity contribution in [3.8, 4) is 11.5 Å². The lowest BCUT2D eigenvalue weighted by molar-refractivity contribution is -0.143. The third-order valence-electron chi connectivity index (χ3n) is 6.28. The molecule has 1 N–H and O–H groups in total. The van der Waals surface area contributed by atoms with Gasteiger partial charge in [-0.3, -0.25) is 9.78 Å². The maximum Gasteiger partial charge on any atom is 0.418 e. The lowest BCUT2D eigenvalue weighted by Crippen LogP contribution is -2.77. The lowest BCUT2D eigenvalue weighted by Gasteiger charge is -2.68. The predicted molar refractivity (Wildman–Crippen MR) is 111 cm³/mol. The Balaban J connectivity index is 1.10. The van der Waals surface area contributed by atoms with E-state index in [1.54, 1.807) is 19.1 Å². The highest BCUT2D eigenvalue weighted by Crippen LogP contribution is 2.67. The van der Waals surface area contributed by atoms with E-state index in [9.17, 15) is 22.4 Å². The maximum atomic E-state index is 13.6. The predicted octanol–water partition coefficient (Wildman–Crippen LogP) is 3.88. The van der Waals surface area contributed by atoms with Gasteiger partial charge in [0.15, 0.2) is 13.2 Å². The second kappa shape index (κ2) is 8.21. The number of aromatic nitrogens is 3. The summed E-state index contributed by atoms with van der Waals surface area (Å²) in [6, 6.07) is 5.26. The van der Waals surface area contributed by atoms with Crippen LogP contribution in [0.25, 0.3) is 0 Å². The third kappa shape index (κ3) is 4.52. The van der Waals surface area contributed by atoms with Crippen molar-refractivity contribution in [3.63, 3.8) is 0 Å². The fraction of sp³-hybridized carbons (Fsp3) is 0.391. The van der Waals surface area contributed by atoms with E-state index in [1.807, 2.05) is 0 Å². The average Bonchev–Trinajstić information content (AvgIpc) is 3.23. The zero-order chi connectivity index (χ0) is 24.8. The van der Waals surface area contributed by atoms with Crippen molar-refractivity contribution >= 4 is 5.91 Å². The van der Waals surface area contributed by atoms with Gasteiger partial charge in [-0.15, -0.1) is 0 Å². The first-order valence-corrected chi connectivity index (χ1v) is 10.7. The Morgan fingerprint density at radius 1 is 1.14 bits per heavy atom. The van der Waals surface area contributed by atoms with Crippen LogP contribution >= 0.6 is 0 Å². The number of hydrogen-bond donors (Lipinski definition) is 1. The number of nitrogens with one attached hydrogen (secondary N) is 1. The number of amides is 1. The number of hydrogen-bond acceptors (Lipinski definition) is 7. The fourth-order valence-electron chi connectivity index (χ4n) is 4.62. The Hall–Kier alpha value is -3.70. The minimum Gasteiger partial charge on any atom is -0.484 e. The minimum absolute atomic E-state index is 0.0612. The van der Waals surface area contributed by atoms with Gasteiger partial charge in [0.1, 0.15) is 17.3 Å². The van der Waals surface area contributed by atoms with Crippen LogP contribution < -0.4 is 14.8 Å². The minimum atomic E-state index is -4.52. The summed E-state index contributed by atoms with van der Waals surface area (Å²) in [4.78, 5) is 20.1. The summed E-state index contributed by atoms with van der Waals surface area (Å²) in [7, 11) is 0. The summed E-state index contributed by atoms with van der Waals surface area (Å²) in [6.45, 7) is 1.22. The molecule has 2 aromatic heterocycles. The number of nitrogens with zero attached hydrogens (tertiary/aromatic N) is 3. The first kappa shape index (κ1) is 23.1. The monoisotopic (exact) mass is 492 g/mol. The van der Waals surface area contributed by atoms with E-state index < -0.39 is 17.6 Å². The zero-order valence-corrected chi connectivity index (χ0v) is 18.5. The number of rotatable bonds is 8. The van der Waals surface area contributed by atoms with Gasteiger partial charge >= 0.3 is 6.18 Å². The van der Waals surface area contributed by atoms with Gasteiger partial charge in [0.05, 0.1) is 17.2 Å². The zero-order valence-electron chi connectivity index (χ0n) is 18.5. The van der Waals surface area contributed by atoms with E-state index in [0.717, 1.165) is 6.07 Å². The first-order chi connectivity index (χ1) is 16.6. The standard InChI is InChI=1S/C23H20F4N4O4/c1-13-2-3-15(5-17(13)24)34-9-19(32)30-22-10-21(11-22,12-22)20-29-18(31-35-20)8-33-16-4-14(6-28-7-16)23(25,26)27/h2-7H,8-12H2,1H3,(H,30,32). The number of benzene rings is 1. The number of alkyl halides is 3. The molecule has 3 aliphatic carbocycles. The van der Waals surface area contributed by atoms with Crippen LogP contribution in [0.2, 0.25) is 0 Å². The molecule has 0 saturated heterocycles. The van der Waals surface area contributed by atoms with Gasteiger partial charge in [-0.05, 0) is 43.9 Å². The number of carbonyl (C=O) groups excluding carboxylic acids is 1. The Labute approximate surface area is 196 Å². The highest BCUT2D eigenvalue weighted by Gasteiger charge is 2.72. The van der Waals surface area contributed by atoms with Gasteiger partial charge in [0, 0.05) is 17.8 Å². The summed E-state index contributed by atoms with van der Waals surface area (Å²) in [5, 5.41) is 6.79. The van der Waals surface area contributed by atoms with Crippen molar-refractivity contribution in [1.29, 1.82) is 0 Å². The molecule has 8 nitrogen and oxygen atoms in total. The van der Waals surface area contributed by atoms with E-state index >= 15 is 0 Å². The van der Waals surface area contributed by atoms with E-state index in [-0.39, 0.29) is 47.4 Å². The molecule has 2 bridgehead atoms. The van der Waals surface area contributed by atoms with E-state index in [1.165, 1.54) is 12.3 Å². The molecule has 2 heterocycles. The van der Waals surface area contributed by atoms with Crippen molar-refractivity contribution in [2.75, 3.05) is 6.61 Å². The molecule has 3 aliphatic rings. The SMILES string of the molecule is Cc1ccc(OCC(=O)NC23CC(c4nc(COc5cncc(C(F)(F)F)c5)no4)(C2)C3)cc1F. The molecule has 184 valence electrons. The number of aryl methyl sites for hydroxylation is 1. The second-order valence-electron chi connectivity index (χ2n) is 9.05. The van der Waals surface area contributed by atoms with Gasteiger partial charge in [-0.1, -0.05) is 11.2 Å². The van der Waals surface area contributed by atoms with Gasteiger partial charge in [0.2, 0.25) is 11.7 Å². The molecule has 0 radical (unpaired) electrons. The molecular formula is C23H20F4N4O4. The number of ether oxygens (including phenoxy) is 2. The molecule has 0 unspecified atom stereocenters. The smallest absolute Gasteiger partial charge is 0.418 e. The molecule has 0 spiro atoms. The van der Waals surface area contributed by atoms with Gasteiger partial charge in [-0.25, -0.2) is 4.39 Å². The maximum absolute atomic E-state index is 13.6. The van der Waals surface area contributed by atoms with Crippen LogP contribution in [0.3, 0.4) is 0 Å². The summed E-state index contributed by atoms with van der Waals surface area (Å²) >= 11 is 0. The van der Waals surface area contributed by atoms with Crippen molar-refractivity contribution in [2.24, 2.45) is 0 Å². The van der Waals surface area contributed by atoms with Crippen LogP contribution in [-0.2, 0) is 23.0 Å². The Kier molecular flexibility index (Phi) is 5.41. The van der Waals surface area contributed by atoms with Crippen LogP contribution in [0.4, 0.5) is 17.6 Å². The molecule has 12 heteroatoms. The average molecular weight is 492 g/mol. The molecule has 1 amide bonds. The molecule has 35 heavy (non-hydrogen) atoms. The Morgan fingerprint density at radius 2 is 1.91 bits per heavy atom. The Bertz CT molecular complexity index is 1260. The van der Waals surface area contributed by atoms with Crippen LogP contribution in [0, 0.1) is 12.7 Å². The lowest BCUT2D eigenvalue weighted by atomic mass is 9.39. The normalized spacial score (nSPS) is 22.7. The van der Waals surface area contributed by atoms with Gasteiger partial charge < -0.3 is 19.3 Å². The molecule has 1 aromatic carbocycles. The summed E-state index contributed by atoms with van der Waals surface area (Å²) in [6.07, 6.45) is -0.791. The molecule has 0 atom stereocenters. The summed E-state index contributed by atoms with van der Waals surface area (Å²) in [5.74, 6) is 0.0983. The largest absolute Gasteiger partial charge is 0.484 e. The molecule has 3 saturated carbocycles. The van der Waals surface area contributed by atoms with Gasteiger partial charge in [0.25, 0.3) is 5.91 Å². The van der Waals surface area contributed by atoms with Gasteiger partial charge in [-0.2, -0.15) is 18.2 Å². The van der Waals surface area contributed by atoms with E-state index in [0.29, 0.717) is 36.9 Å². The summed E-state index contributed by atoms with van der Waals surface area (Å²) < 4.78 is 68.0. The van der Waals surface area contributed by atoms with Crippen molar-refractivity contribution in [2.45, 2.75) is 49.9 Å². The van der Waals surface area contributed by atoms with Crippen LogP contribution in [0.1, 0.15) is 42.1 Å². The molecule has 6 rings (SSSR count). The topological polar surface area (TPSA) is 99.4 Å². The first-order valence-electron chi connectivity index (χ1n) is 10.7. The van der Waals surface area contributed by atoms with Crippen molar-refractivity contribution in [1.82, 2.24) is 20.4 Å². The van der Waals surface area contributed by atoms with Crippen molar-refractivity contribution < 1.29 is 36.4 Å². The molecule has 3 aromatic rings. The number of carbonyl (C=O) groups is 1. The molecule has 3 fully saturated rings. The highest BCUT2D eigenvalue weighted by atomic mass is 19.4. The van der Waals surface area contributed by atoms with Crippen LogP contribution in [0.15, 0.2) is 41.2 Å². The quantitative estimate of drug-likeness (QED) is 0.477. The number of halogens is 4. The van der Waals surface area contributed by atoms with Crippen LogP contribution in [0.5, 0.6) is 11.5 Å². The van der Waals surface area contributed by atoms with E-state index in [2.05, 4.69) is 20.4 Å². The number of pyridine rings is 1. The fourth-order valence-corrected chi connectivity index (χ4v) is 4.62. The molecular weight excluding hydrogens is 472 g/mol. The third-order valence-corrected chi connectivity index (χ3v) is 6.28. The Morgan fingerprint density at radius 3 is 2.63 bits per heavy atom. The molecule has 0 aliphatic heterocycles. The second-order valence-corrected chi connectivity index (χ2v) is 9.05. The summed E-state index contributed by atoms with van der Waals surface area (Å²) in [5.41, 5.74) is -1.13. The van der Waals surface area contributed by atoms with E-state index in [4.69, 9.17) is 14.0 Å². The van der Waals surface area contributed by atoms with Crippen molar-refractivity contribution in [3.05, 3.63) is 65.3 Å². The highest BCUT2D eigenvalue weighted by molar-refractivity contribution is 5.79. The van der Waals surface area contributed by atoms with Crippen LogP contribution in [-0.4, -0.2) is 33.2 Å².